The second-order valence-corrected chi connectivity index (χ2v) is 5.61. The van der Waals surface area contributed by atoms with Gasteiger partial charge in [-0.25, -0.2) is 0 Å². The van der Waals surface area contributed by atoms with Gasteiger partial charge in [-0.3, -0.25) is 0 Å². The molecule has 0 saturated carbocycles. The minimum absolute atomic E-state index is 1.20. The minimum Gasteiger partial charge on any atom is -0.0654 e. The molecule has 0 aliphatic carbocycles. The van der Waals surface area contributed by atoms with Crippen molar-refractivity contribution in [3.8, 4) is 0 Å². The lowest BCUT2D eigenvalue weighted by atomic mass is 9.96. The Morgan fingerprint density at radius 3 is 2.40 bits per heavy atom. The third kappa shape index (κ3) is 2.56. The summed E-state index contributed by atoms with van der Waals surface area (Å²) in [7, 11) is 0. The highest BCUT2D eigenvalue weighted by Crippen LogP contribution is 2.28. The summed E-state index contributed by atoms with van der Waals surface area (Å²) in [4.78, 5) is 0. The molecule has 0 N–H and O–H groups in total. The van der Waals surface area contributed by atoms with Gasteiger partial charge in [0.25, 0.3) is 0 Å². The maximum absolute atomic E-state index is 2.30. The van der Waals surface area contributed by atoms with E-state index >= 15 is 0 Å². The molecular formula is C20H22. The van der Waals surface area contributed by atoms with Crippen molar-refractivity contribution in [3.05, 3.63) is 60.2 Å². The molecule has 3 aromatic rings. The lowest BCUT2D eigenvalue weighted by Crippen LogP contribution is -1.89. The highest BCUT2D eigenvalue weighted by molar-refractivity contribution is 6.08. The minimum atomic E-state index is 1.20. The van der Waals surface area contributed by atoms with Gasteiger partial charge in [0, 0.05) is 0 Å². The number of fused-ring (bicyclic) bond motifs is 3. The largest absolute Gasteiger partial charge is 0.0654 e. The quantitative estimate of drug-likeness (QED) is 0.384. The average molecular weight is 262 g/mol. The topological polar surface area (TPSA) is 0 Å². The Kier molecular flexibility index (Phi) is 4.01. The van der Waals surface area contributed by atoms with Gasteiger partial charge in [0.15, 0.2) is 0 Å². The lowest BCUT2D eigenvalue weighted by molar-refractivity contribution is 0.668. The van der Waals surface area contributed by atoms with Gasteiger partial charge in [-0.05, 0) is 39.9 Å². The molecule has 3 aromatic carbocycles. The van der Waals surface area contributed by atoms with Crippen molar-refractivity contribution in [1.82, 2.24) is 0 Å². The Balaban J connectivity index is 1.99. The predicted octanol–water partition coefficient (Wildman–Crippen LogP) is 6.12. The van der Waals surface area contributed by atoms with Crippen LogP contribution in [0.25, 0.3) is 21.5 Å². The standard InChI is InChI=1S/C20H22/c1-2-3-4-5-9-16-11-8-13-20-18-12-7-6-10-17(18)14-15-19(16)20/h6-8,10-15H,2-5,9H2,1H3. The monoisotopic (exact) mass is 262 g/mol. The molecular weight excluding hydrogens is 240 g/mol. The van der Waals surface area contributed by atoms with Crippen molar-refractivity contribution < 1.29 is 0 Å². The maximum Gasteiger partial charge on any atom is -0.0103 e. The molecule has 0 nitrogen and oxygen atoms in total. The first-order valence-corrected chi connectivity index (χ1v) is 7.79. The van der Waals surface area contributed by atoms with Crippen LogP contribution in [0.3, 0.4) is 0 Å². The molecule has 0 unspecified atom stereocenters. The van der Waals surface area contributed by atoms with Crippen LogP contribution in [0.15, 0.2) is 54.6 Å². The number of benzene rings is 3. The van der Waals surface area contributed by atoms with Gasteiger partial charge in [0.1, 0.15) is 0 Å². The van der Waals surface area contributed by atoms with Crippen LogP contribution in [0.4, 0.5) is 0 Å². The van der Waals surface area contributed by atoms with Crippen LogP contribution in [-0.4, -0.2) is 0 Å². The smallest absolute Gasteiger partial charge is 0.0103 e. The molecule has 0 heterocycles. The number of rotatable bonds is 5. The third-order valence-electron chi connectivity index (χ3n) is 4.18. The summed E-state index contributed by atoms with van der Waals surface area (Å²) < 4.78 is 0. The summed E-state index contributed by atoms with van der Waals surface area (Å²) in [5, 5.41) is 5.54. The van der Waals surface area contributed by atoms with Gasteiger partial charge < -0.3 is 0 Å². The molecule has 0 spiro atoms. The van der Waals surface area contributed by atoms with Gasteiger partial charge >= 0.3 is 0 Å². The maximum atomic E-state index is 2.30. The molecule has 0 fully saturated rings. The lowest BCUT2D eigenvalue weighted by Gasteiger charge is -2.09. The third-order valence-corrected chi connectivity index (χ3v) is 4.18. The van der Waals surface area contributed by atoms with Crippen molar-refractivity contribution in [1.29, 1.82) is 0 Å². The van der Waals surface area contributed by atoms with E-state index in [1.807, 2.05) is 0 Å². The number of hydrogen-bond acceptors (Lipinski definition) is 0. The SMILES string of the molecule is CCCCCCc1cccc2c1ccc1ccccc12. The molecule has 102 valence electrons. The Bertz CT molecular complexity index is 709. The fourth-order valence-corrected chi connectivity index (χ4v) is 3.07. The van der Waals surface area contributed by atoms with Gasteiger partial charge in [-0.15, -0.1) is 0 Å². The average Bonchev–Trinajstić information content (AvgIpc) is 2.51. The molecule has 0 aliphatic rings. The van der Waals surface area contributed by atoms with Gasteiger partial charge in [0.05, 0.1) is 0 Å². The number of aryl methyl sites for hydroxylation is 1. The molecule has 20 heavy (non-hydrogen) atoms. The van der Waals surface area contributed by atoms with Crippen LogP contribution >= 0.6 is 0 Å². The summed E-state index contributed by atoms with van der Waals surface area (Å²) in [6.07, 6.45) is 6.52. The molecule has 0 radical (unpaired) electrons. The number of unbranched alkanes of at least 4 members (excludes halogenated alkanes) is 3. The zero-order valence-electron chi connectivity index (χ0n) is 12.2. The molecule has 0 heteroatoms. The summed E-state index contributed by atoms with van der Waals surface area (Å²) in [5.74, 6) is 0. The Morgan fingerprint density at radius 2 is 1.50 bits per heavy atom. The van der Waals surface area contributed by atoms with Crippen molar-refractivity contribution in [2.24, 2.45) is 0 Å². The van der Waals surface area contributed by atoms with Crippen LogP contribution < -0.4 is 0 Å². The van der Waals surface area contributed by atoms with Crippen LogP contribution in [0, 0.1) is 0 Å². The molecule has 3 rings (SSSR count). The van der Waals surface area contributed by atoms with Crippen molar-refractivity contribution >= 4 is 21.5 Å². The zero-order valence-corrected chi connectivity index (χ0v) is 12.2. The molecule has 0 aliphatic heterocycles. The zero-order chi connectivity index (χ0) is 13.8. The van der Waals surface area contributed by atoms with E-state index in [9.17, 15) is 0 Å². The van der Waals surface area contributed by atoms with E-state index < -0.39 is 0 Å². The van der Waals surface area contributed by atoms with Crippen LogP contribution in [0.5, 0.6) is 0 Å². The van der Waals surface area contributed by atoms with Crippen LogP contribution in [0.2, 0.25) is 0 Å². The van der Waals surface area contributed by atoms with Gasteiger partial charge in [0.2, 0.25) is 0 Å². The van der Waals surface area contributed by atoms with Gasteiger partial charge in [-0.1, -0.05) is 80.8 Å². The highest BCUT2D eigenvalue weighted by Gasteiger charge is 2.04. The van der Waals surface area contributed by atoms with E-state index in [4.69, 9.17) is 0 Å². The molecule has 0 saturated heterocycles. The molecule has 0 aromatic heterocycles. The summed E-state index contributed by atoms with van der Waals surface area (Å²) in [6, 6.07) is 20.0. The molecule has 0 amide bonds. The van der Waals surface area contributed by atoms with E-state index in [0.29, 0.717) is 0 Å². The van der Waals surface area contributed by atoms with Crippen molar-refractivity contribution in [3.63, 3.8) is 0 Å². The first kappa shape index (κ1) is 13.2. The van der Waals surface area contributed by atoms with Gasteiger partial charge in [-0.2, -0.15) is 0 Å². The highest BCUT2D eigenvalue weighted by atomic mass is 14.1. The van der Waals surface area contributed by atoms with E-state index in [2.05, 4.69) is 61.5 Å². The van der Waals surface area contributed by atoms with Crippen LogP contribution in [-0.2, 0) is 6.42 Å². The first-order chi connectivity index (χ1) is 9.90. The fourth-order valence-electron chi connectivity index (χ4n) is 3.07. The summed E-state index contributed by atoms with van der Waals surface area (Å²) in [6.45, 7) is 2.27. The Hall–Kier alpha value is -1.82. The molecule has 0 atom stereocenters. The normalized spacial score (nSPS) is 11.2. The van der Waals surface area contributed by atoms with E-state index in [1.54, 1.807) is 0 Å². The van der Waals surface area contributed by atoms with Crippen LogP contribution in [0.1, 0.15) is 38.2 Å². The summed E-state index contributed by atoms with van der Waals surface area (Å²) in [5.41, 5.74) is 1.50. The Morgan fingerprint density at radius 1 is 0.650 bits per heavy atom. The predicted molar refractivity (Wildman–Crippen MR) is 89.3 cm³/mol. The van der Waals surface area contributed by atoms with E-state index in [-0.39, 0.29) is 0 Å². The summed E-state index contributed by atoms with van der Waals surface area (Å²) >= 11 is 0. The van der Waals surface area contributed by atoms with E-state index in [1.165, 1.54) is 59.2 Å². The second-order valence-electron chi connectivity index (χ2n) is 5.61. The Labute approximate surface area is 121 Å². The second kappa shape index (κ2) is 6.09. The van der Waals surface area contributed by atoms with Crippen molar-refractivity contribution in [2.75, 3.05) is 0 Å². The number of hydrogen-bond donors (Lipinski definition) is 0. The molecule has 0 bridgehead atoms. The van der Waals surface area contributed by atoms with Crippen molar-refractivity contribution in [2.45, 2.75) is 39.0 Å². The van der Waals surface area contributed by atoms with E-state index in [0.717, 1.165) is 0 Å². The first-order valence-electron chi connectivity index (χ1n) is 7.79. The fraction of sp³-hybridized carbons (Fsp3) is 0.300.